The largest absolute Gasteiger partial charge is 0.377 e. The van der Waals surface area contributed by atoms with Gasteiger partial charge in [-0.3, -0.25) is 0 Å². The smallest absolute Gasteiger partial charge is 0.0699 e. The maximum Gasteiger partial charge on any atom is 0.0699 e. The molecule has 0 radical (unpaired) electrons. The summed E-state index contributed by atoms with van der Waals surface area (Å²) in [6.07, 6.45) is 2.49. The van der Waals surface area contributed by atoms with Gasteiger partial charge in [0.15, 0.2) is 0 Å². The zero-order valence-electron chi connectivity index (χ0n) is 10.6. The first kappa shape index (κ1) is 13.2. The van der Waals surface area contributed by atoms with Gasteiger partial charge in [-0.05, 0) is 39.3 Å². The van der Waals surface area contributed by atoms with Gasteiger partial charge in [-0.2, -0.15) is 0 Å². The maximum absolute atomic E-state index is 5.62. The van der Waals surface area contributed by atoms with Crippen molar-refractivity contribution in [2.45, 2.75) is 38.8 Å². The average molecular weight is 221 g/mol. The third-order valence-electron chi connectivity index (χ3n) is 2.95. The van der Waals surface area contributed by atoms with Crippen molar-refractivity contribution in [3.63, 3.8) is 0 Å². The molecule has 0 aliphatic rings. The summed E-state index contributed by atoms with van der Waals surface area (Å²) in [5, 5.41) is 3.33. The summed E-state index contributed by atoms with van der Waals surface area (Å²) in [5.41, 5.74) is 1.39. The Bertz CT molecular complexity index is 273. The highest BCUT2D eigenvalue weighted by Gasteiger charge is 2.14. The number of hydrogen-bond acceptors (Lipinski definition) is 2. The summed E-state index contributed by atoms with van der Waals surface area (Å²) in [4.78, 5) is 0. The fraction of sp³-hybridized carbons (Fsp3) is 0.571. The zero-order chi connectivity index (χ0) is 11.8. The Hall–Kier alpha value is -0.860. The summed E-state index contributed by atoms with van der Waals surface area (Å²) in [7, 11) is 2.01. The van der Waals surface area contributed by atoms with E-state index < -0.39 is 0 Å². The predicted octanol–water partition coefficient (Wildman–Crippen LogP) is 2.63. The van der Waals surface area contributed by atoms with Crippen LogP contribution in [0.15, 0.2) is 30.3 Å². The van der Waals surface area contributed by atoms with E-state index in [0.717, 1.165) is 19.4 Å². The third-order valence-corrected chi connectivity index (χ3v) is 2.95. The molecule has 0 amide bonds. The van der Waals surface area contributed by atoms with Crippen LogP contribution in [0.3, 0.4) is 0 Å². The fourth-order valence-corrected chi connectivity index (χ4v) is 1.96. The highest BCUT2D eigenvalue weighted by molar-refractivity contribution is 5.14. The average Bonchev–Trinajstić information content (AvgIpc) is 2.31. The van der Waals surface area contributed by atoms with Gasteiger partial charge in [-0.25, -0.2) is 0 Å². The van der Waals surface area contributed by atoms with Crippen LogP contribution in [-0.4, -0.2) is 25.8 Å². The van der Waals surface area contributed by atoms with Crippen LogP contribution in [0.25, 0.3) is 0 Å². The Morgan fingerprint density at radius 3 is 2.50 bits per heavy atom. The second-order valence-corrected chi connectivity index (χ2v) is 4.08. The molecule has 1 aromatic carbocycles. The van der Waals surface area contributed by atoms with Crippen molar-refractivity contribution in [2.24, 2.45) is 0 Å². The van der Waals surface area contributed by atoms with E-state index in [-0.39, 0.29) is 6.10 Å². The molecule has 0 saturated carbocycles. The van der Waals surface area contributed by atoms with Crippen molar-refractivity contribution in [2.75, 3.05) is 13.7 Å². The first-order valence-electron chi connectivity index (χ1n) is 6.10. The number of nitrogens with one attached hydrogen (secondary N) is 1. The summed E-state index contributed by atoms with van der Waals surface area (Å²) < 4.78 is 5.62. The maximum atomic E-state index is 5.62. The Kier molecular flexibility index (Phi) is 6.12. The molecule has 0 aliphatic heterocycles. The van der Waals surface area contributed by atoms with Gasteiger partial charge in [0.1, 0.15) is 0 Å². The van der Waals surface area contributed by atoms with E-state index in [9.17, 15) is 0 Å². The molecular weight excluding hydrogens is 198 g/mol. The van der Waals surface area contributed by atoms with E-state index in [4.69, 9.17) is 4.74 Å². The number of likely N-dealkylation sites (N-methyl/N-ethyl adjacent to an activating group) is 1. The van der Waals surface area contributed by atoms with Gasteiger partial charge >= 0.3 is 0 Å². The normalized spacial score (nSPS) is 14.7. The van der Waals surface area contributed by atoms with Crippen LogP contribution in [0.1, 0.15) is 25.8 Å². The number of hydrogen-bond donors (Lipinski definition) is 1. The minimum absolute atomic E-state index is 0.277. The second kappa shape index (κ2) is 7.42. The van der Waals surface area contributed by atoms with Crippen molar-refractivity contribution in [3.05, 3.63) is 35.9 Å². The first-order valence-corrected chi connectivity index (χ1v) is 6.10. The molecule has 90 valence electrons. The quantitative estimate of drug-likeness (QED) is 0.764. The minimum Gasteiger partial charge on any atom is -0.377 e. The van der Waals surface area contributed by atoms with Crippen molar-refractivity contribution in [1.82, 2.24) is 5.32 Å². The van der Waals surface area contributed by atoms with Gasteiger partial charge in [0.2, 0.25) is 0 Å². The molecule has 1 rings (SSSR count). The van der Waals surface area contributed by atoms with Crippen molar-refractivity contribution in [1.29, 1.82) is 0 Å². The molecule has 2 unspecified atom stereocenters. The van der Waals surface area contributed by atoms with Crippen molar-refractivity contribution >= 4 is 0 Å². The molecule has 0 fully saturated rings. The topological polar surface area (TPSA) is 21.3 Å². The van der Waals surface area contributed by atoms with Crippen molar-refractivity contribution < 1.29 is 4.74 Å². The molecule has 16 heavy (non-hydrogen) atoms. The molecule has 0 aliphatic carbocycles. The molecule has 1 N–H and O–H groups in total. The summed E-state index contributed by atoms with van der Waals surface area (Å²) in [6.45, 7) is 4.96. The Balaban J connectivity index is 2.39. The lowest BCUT2D eigenvalue weighted by atomic mass is 10.0. The van der Waals surface area contributed by atoms with Crippen LogP contribution in [0.2, 0.25) is 0 Å². The van der Waals surface area contributed by atoms with Crippen LogP contribution < -0.4 is 5.32 Å². The predicted molar refractivity (Wildman–Crippen MR) is 68.7 cm³/mol. The number of aryl methyl sites for hydroxylation is 1. The van der Waals surface area contributed by atoms with Gasteiger partial charge in [0.25, 0.3) is 0 Å². The number of benzene rings is 1. The molecule has 2 heteroatoms. The van der Waals surface area contributed by atoms with E-state index >= 15 is 0 Å². The molecule has 0 heterocycles. The highest BCUT2D eigenvalue weighted by Crippen LogP contribution is 2.09. The molecule has 2 nitrogen and oxygen atoms in total. The van der Waals surface area contributed by atoms with Crippen LogP contribution in [0.5, 0.6) is 0 Å². The lowest BCUT2D eigenvalue weighted by Gasteiger charge is -2.23. The first-order chi connectivity index (χ1) is 7.77. The Morgan fingerprint density at radius 2 is 1.94 bits per heavy atom. The summed E-state index contributed by atoms with van der Waals surface area (Å²) in [5.74, 6) is 0. The van der Waals surface area contributed by atoms with Gasteiger partial charge in [-0.1, -0.05) is 30.3 Å². The molecule has 1 aromatic rings. The monoisotopic (exact) mass is 221 g/mol. The summed E-state index contributed by atoms with van der Waals surface area (Å²) >= 11 is 0. The third kappa shape index (κ3) is 4.33. The van der Waals surface area contributed by atoms with Gasteiger partial charge in [-0.15, -0.1) is 0 Å². The minimum atomic E-state index is 0.277. The standard InChI is InChI=1S/C14H23NO/c1-4-16-12(2)14(15-3)11-10-13-8-6-5-7-9-13/h5-9,12,14-15H,4,10-11H2,1-3H3. The molecule has 2 atom stereocenters. The SMILES string of the molecule is CCOC(C)C(CCc1ccccc1)NC. The van der Waals surface area contributed by atoms with Crippen LogP contribution in [0, 0.1) is 0 Å². The lowest BCUT2D eigenvalue weighted by Crippen LogP contribution is -2.37. The van der Waals surface area contributed by atoms with Crippen LogP contribution >= 0.6 is 0 Å². The lowest BCUT2D eigenvalue weighted by molar-refractivity contribution is 0.0474. The number of rotatable bonds is 7. The van der Waals surface area contributed by atoms with Gasteiger partial charge in [0.05, 0.1) is 6.10 Å². The number of ether oxygens (including phenoxy) is 1. The second-order valence-electron chi connectivity index (χ2n) is 4.08. The van der Waals surface area contributed by atoms with Crippen LogP contribution in [-0.2, 0) is 11.2 Å². The molecule has 0 saturated heterocycles. The molecule has 0 spiro atoms. The summed E-state index contributed by atoms with van der Waals surface area (Å²) in [6, 6.07) is 11.0. The van der Waals surface area contributed by atoms with E-state index in [1.165, 1.54) is 5.56 Å². The van der Waals surface area contributed by atoms with E-state index in [2.05, 4.69) is 42.6 Å². The van der Waals surface area contributed by atoms with E-state index in [0.29, 0.717) is 6.04 Å². The van der Waals surface area contributed by atoms with Crippen LogP contribution in [0.4, 0.5) is 0 Å². The molecule has 0 aromatic heterocycles. The fourth-order valence-electron chi connectivity index (χ4n) is 1.96. The Labute approximate surface area is 99.0 Å². The van der Waals surface area contributed by atoms with Gasteiger partial charge in [0, 0.05) is 12.6 Å². The van der Waals surface area contributed by atoms with E-state index in [1.54, 1.807) is 0 Å². The molecule has 0 bridgehead atoms. The van der Waals surface area contributed by atoms with Gasteiger partial charge < -0.3 is 10.1 Å². The Morgan fingerprint density at radius 1 is 1.25 bits per heavy atom. The van der Waals surface area contributed by atoms with E-state index in [1.807, 2.05) is 14.0 Å². The zero-order valence-corrected chi connectivity index (χ0v) is 10.6. The molecular formula is C14H23NO. The highest BCUT2D eigenvalue weighted by atomic mass is 16.5. The van der Waals surface area contributed by atoms with Crippen molar-refractivity contribution in [3.8, 4) is 0 Å².